The molecule has 0 bridgehead atoms. The number of carbonyl (C=O) groups is 5. The Morgan fingerprint density at radius 1 is 0.864 bits per heavy atom. The van der Waals surface area contributed by atoms with Crippen molar-refractivity contribution in [3.63, 3.8) is 0 Å². The summed E-state index contributed by atoms with van der Waals surface area (Å²) in [6.45, 7) is 19.2. The van der Waals surface area contributed by atoms with Gasteiger partial charge in [0.15, 0.2) is 16.6 Å². The standard InChI is InChI=1S/C49H77N5O10Si2/c1-8-10-33-65(4,5)64-66(6,7)34-19-29-61-31-32-62-44(57)25-24-43(56)52(36-42-37-53(51-50-42)27-18-30-63-49(60)38(3)55)26-16-11-12-17-28-54-47(58)45-40(9-2)35-41(46(45)48(54)59)23-22-39-20-14-13-15-21-39/h9,13-15,20-23,37-38,40-41,45-46,55H,2,8,10-12,16-19,24-36H2,1,3-7H3/b23-22+. The highest BCUT2D eigenvalue weighted by molar-refractivity contribution is 6.84. The highest BCUT2D eigenvalue weighted by Crippen LogP contribution is 2.49. The Morgan fingerprint density at radius 2 is 1.56 bits per heavy atom. The van der Waals surface area contributed by atoms with E-state index in [2.05, 4.69) is 56.1 Å². The number of hydrogen-bond acceptors (Lipinski definition) is 12. The van der Waals surface area contributed by atoms with Crippen LogP contribution < -0.4 is 0 Å². The monoisotopic (exact) mass is 952 g/mol. The average molecular weight is 952 g/mol. The number of carbonyl (C=O) groups excluding carboxylic acids is 5. The van der Waals surface area contributed by atoms with Gasteiger partial charge in [0.2, 0.25) is 17.7 Å². The van der Waals surface area contributed by atoms with Gasteiger partial charge in [-0.3, -0.25) is 28.8 Å². The van der Waals surface area contributed by atoms with Gasteiger partial charge in [-0.05, 0) is 88.3 Å². The van der Waals surface area contributed by atoms with Crippen molar-refractivity contribution < 1.29 is 47.4 Å². The van der Waals surface area contributed by atoms with Crippen LogP contribution in [0.5, 0.6) is 0 Å². The van der Waals surface area contributed by atoms with E-state index in [0.29, 0.717) is 51.2 Å². The first kappa shape index (κ1) is 54.3. The normalized spacial score (nSPS) is 19.0. The first-order valence-electron chi connectivity index (χ1n) is 24.2. The number of nitrogens with zero attached hydrogens (tertiary/aromatic N) is 5. The van der Waals surface area contributed by atoms with Crippen LogP contribution >= 0.6 is 0 Å². The molecule has 1 saturated carbocycles. The number of aliphatic hydroxyl groups excluding tert-OH is 1. The maximum absolute atomic E-state index is 13.7. The molecular formula is C49H77N5O10Si2. The lowest BCUT2D eigenvalue weighted by molar-refractivity contribution is -0.152. The van der Waals surface area contributed by atoms with E-state index in [0.717, 1.165) is 37.3 Å². The molecule has 5 unspecified atom stereocenters. The van der Waals surface area contributed by atoms with Crippen LogP contribution in [-0.4, -0.2) is 122 Å². The van der Waals surface area contributed by atoms with Gasteiger partial charge in [-0.2, -0.15) is 0 Å². The molecule has 1 aromatic heterocycles. The third-order valence-corrected chi connectivity index (χ3v) is 19.9. The summed E-state index contributed by atoms with van der Waals surface area (Å²) in [6.07, 6.45) is 13.7. The first-order valence-corrected chi connectivity index (χ1v) is 30.4. The molecule has 2 fully saturated rings. The van der Waals surface area contributed by atoms with Crippen molar-refractivity contribution >= 4 is 52.4 Å². The molecule has 2 aromatic rings. The summed E-state index contributed by atoms with van der Waals surface area (Å²) in [6, 6.07) is 12.1. The molecule has 66 heavy (non-hydrogen) atoms. The number of esters is 2. The van der Waals surface area contributed by atoms with Gasteiger partial charge < -0.3 is 28.3 Å². The number of aliphatic hydroxyl groups is 1. The second kappa shape index (κ2) is 27.5. The molecule has 1 aliphatic heterocycles. The van der Waals surface area contributed by atoms with E-state index in [4.69, 9.17) is 18.3 Å². The van der Waals surface area contributed by atoms with E-state index in [-0.39, 0.29) is 80.6 Å². The zero-order valence-electron chi connectivity index (χ0n) is 40.5. The Labute approximate surface area is 394 Å². The number of imide groups is 1. The number of benzene rings is 1. The lowest BCUT2D eigenvalue weighted by Gasteiger charge is -2.34. The number of aromatic nitrogens is 3. The molecule has 2 heterocycles. The van der Waals surface area contributed by atoms with Crippen molar-refractivity contribution in [2.24, 2.45) is 23.7 Å². The predicted octanol–water partition coefficient (Wildman–Crippen LogP) is 7.57. The summed E-state index contributed by atoms with van der Waals surface area (Å²) >= 11 is 0. The van der Waals surface area contributed by atoms with Crippen molar-refractivity contribution in [3.05, 3.63) is 66.5 Å². The zero-order valence-corrected chi connectivity index (χ0v) is 42.5. The van der Waals surface area contributed by atoms with Crippen LogP contribution in [0.3, 0.4) is 0 Å². The Morgan fingerprint density at radius 3 is 2.26 bits per heavy atom. The number of amides is 3. The molecule has 5 atom stereocenters. The lowest BCUT2D eigenvalue weighted by Crippen LogP contribution is -2.44. The Hall–Kier alpha value is -4.30. The fraction of sp³-hybridized carbons (Fsp3) is 0.653. The number of unbranched alkanes of at least 4 members (excludes halogenated alkanes) is 4. The van der Waals surface area contributed by atoms with E-state index < -0.39 is 34.7 Å². The van der Waals surface area contributed by atoms with Crippen LogP contribution in [0, 0.1) is 23.7 Å². The van der Waals surface area contributed by atoms with E-state index in [9.17, 15) is 29.1 Å². The Kier molecular flexibility index (Phi) is 22.6. The average Bonchev–Trinajstić information content (AvgIpc) is 3.96. The van der Waals surface area contributed by atoms with Gasteiger partial charge in [0.1, 0.15) is 18.4 Å². The predicted molar refractivity (Wildman–Crippen MR) is 258 cm³/mol. The van der Waals surface area contributed by atoms with Gasteiger partial charge in [0, 0.05) is 39.1 Å². The van der Waals surface area contributed by atoms with Gasteiger partial charge in [-0.25, -0.2) is 4.79 Å². The van der Waals surface area contributed by atoms with Gasteiger partial charge in [0.05, 0.1) is 44.2 Å². The van der Waals surface area contributed by atoms with Gasteiger partial charge in [-0.15, -0.1) is 11.7 Å². The van der Waals surface area contributed by atoms with Crippen LogP contribution in [0.15, 0.2) is 55.3 Å². The molecule has 3 amide bonds. The van der Waals surface area contributed by atoms with Crippen molar-refractivity contribution in [1.82, 2.24) is 24.8 Å². The van der Waals surface area contributed by atoms with Gasteiger partial charge in [-0.1, -0.05) is 86.4 Å². The molecular weight excluding hydrogens is 875 g/mol. The van der Waals surface area contributed by atoms with E-state index in [1.54, 1.807) is 15.8 Å². The topological polar surface area (TPSA) is 180 Å². The molecule has 15 nitrogen and oxygen atoms in total. The van der Waals surface area contributed by atoms with Gasteiger partial charge >= 0.3 is 11.9 Å². The molecule has 366 valence electrons. The minimum absolute atomic E-state index is 0.0323. The Bertz CT molecular complexity index is 1890. The lowest BCUT2D eigenvalue weighted by atomic mass is 9.89. The Balaban J connectivity index is 1.22. The molecule has 2 aliphatic rings. The van der Waals surface area contributed by atoms with Crippen molar-refractivity contribution in [2.75, 3.05) is 39.5 Å². The smallest absolute Gasteiger partial charge is 0.334 e. The highest BCUT2D eigenvalue weighted by Gasteiger charge is 2.56. The van der Waals surface area contributed by atoms with Crippen molar-refractivity contribution in [3.8, 4) is 0 Å². The summed E-state index contributed by atoms with van der Waals surface area (Å²) in [7, 11) is -3.44. The molecule has 0 radical (unpaired) electrons. The van der Waals surface area contributed by atoms with Crippen LogP contribution in [0.25, 0.3) is 6.08 Å². The summed E-state index contributed by atoms with van der Waals surface area (Å²) in [4.78, 5) is 68.2. The van der Waals surface area contributed by atoms with Crippen LogP contribution in [0.2, 0.25) is 38.3 Å². The molecule has 1 N–H and O–H groups in total. The van der Waals surface area contributed by atoms with Crippen LogP contribution in [-0.2, 0) is 55.4 Å². The molecule has 0 spiro atoms. The molecule has 17 heteroatoms. The van der Waals surface area contributed by atoms with Crippen molar-refractivity contribution in [2.45, 2.75) is 142 Å². The van der Waals surface area contributed by atoms with Gasteiger partial charge in [0.25, 0.3) is 0 Å². The molecule has 1 saturated heterocycles. The third-order valence-electron chi connectivity index (χ3n) is 12.3. The summed E-state index contributed by atoms with van der Waals surface area (Å²) in [5.41, 5.74) is 1.62. The molecule has 1 aliphatic carbocycles. The zero-order chi connectivity index (χ0) is 48.1. The summed E-state index contributed by atoms with van der Waals surface area (Å²) < 4.78 is 24.5. The minimum atomic E-state index is -1.79. The number of aryl methyl sites for hydroxylation is 1. The largest absolute Gasteiger partial charge is 0.464 e. The maximum Gasteiger partial charge on any atom is 0.334 e. The highest BCUT2D eigenvalue weighted by atomic mass is 28.4. The van der Waals surface area contributed by atoms with E-state index >= 15 is 0 Å². The number of allylic oxidation sites excluding steroid dienone is 2. The number of fused-ring (bicyclic) bond motifs is 1. The minimum Gasteiger partial charge on any atom is -0.464 e. The fourth-order valence-electron chi connectivity index (χ4n) is 9.00. The fourth-order valence-corrected chi connectivity index (χ4v) is 18.0. The molecule has 4 rings (SSSR count). The van der Waals surface area contributed by atoms with Crippen molar-refractivity contribution in [1.29, 1.82) is 0 Å². The maximum atomic E-state index is 13.7. The third kappa shape index (κ3) is 18.1. The summed E-state index contributed by atoms with van der Waals surface area (Å²) in [5, 5.41) is 17.8. The van der Waals surface area contributed by atoms with E-state index in [1.165, 1.54) is 30.7 Å². The number of likely N-dealkylation sites (tertiary alicyclic amines) is 1. The van der Waals surface area contributed by atoms with Crippen LogP contribution in [0.4, 0.5) is 0 Å². The van der Waals surface area contributed by atoms with Crippen LogP contribution in [0.1, 0.15) is 95.7 Å². The van der Waals surface area contributed by atoms with E-state index in [1.807, 2.05) is 42.5 Å². The number of hydrogen-bond donors (Lipinski definition) is 1. The second-order valence-electron chi connectivity index (χ2n) is 19.0. The summed E-state index contributed by atoms with van der Waals surface area (Å²) in [5.74, 6) is -2.41. The quantitative estimate of drug-likeness (QED) is 0.0250. The number of ether oxygens (including phenoxy) is 3. The number of rotatable bonds is 32. The SMILES string of the molecule is C=CC1CC(/C=C/c2ccccc2)C2C(=O)N(CCCCCCN(Cc3cn(CCCOC(=O)C(C)O)nn3)C(=O)CCC(=O)OCCOCCC[Si](C)(C)O[Si](C)(C)CCCC)C(=O)C12. The first-order chi connectivity index (χ1) is 31.5. The molecule has 1 aromatic carbocycles. The second-order valence-corrected chi connectivity index (χ2v) is 27.9.